The molecular weight excluding hydrogens is 304 g/mol. The molecule has 4 rings (SSSR count). The number of aromatic nitrogens is 2. The van der Waals surface area contributed by atoms with Crippen LogP contribution in [-0.4, -0.2) is 58.0 Å². The first-order valence-electron chi connectivity index (χ1n) is 8.83. The van der Waals surface area contributed by atoms with Crippen LogP contribution in [0.15, 0.2) is 29.1 Å². The molecule has 0 bridgehead atoms. The molecule has 0 unspecified atom stereocenters. The number of fused-ring (bicyclic) bond motifs is 1. The highest BCUT2D eigenvalue weighted by molar-refractivity contribution is 5.82. The largest absolute Gasteiger partial charge is 0.341 e. The molecule has 6 heteroatoms. The van der Waals surface area contributed by atoms with E-state index >= 15 is 0 Å². The Morgan fingerprint density at radius 2 is 1.88 bits per heavy atom. The van der Waals surface area contributed by atoms with Gasteiger partial charge < -0.3 is 9.88 Å². The molecule has 2 aromatic rings. The highest BCUT2D eigenvalue weighted by atomic mass is 16.2. The molecule has 3 heterocycles. The zero-order valence-corrected chi connectivity index (χ0v) is 14.1. The van der Waals surface area contributed by atoms with Gasteiger partial charge in [0.05, 0.1) is 17.1 Å². The number of imidazole rings is 1. The van der Waals surface area contributed by atoms with Gasteiger partial charge in [-0.2, -0.15) is 0 Å². The lowest BCUT2D eigenvalue weighted by Gasteiger charge is -2.35. The van der Waals surface area contributed by atoms with Gasteiger partial charge in [0.2, 0.25) is 5.91 Å². The summed E-state index contributed by atoms with van der Waals surface area (Å²) >= 11 is 0. The first kappa shape index (κ1) is 15.4. The highest BCUT2D eigenvalue weighted by Crippen LogP contribution is 2.26. The number of amides is 1. The van der Waals surface area contributed by atoms with Crippen LogP contribution in [0.25, 0.3) is 11.0 Å². The lowest BCUT2D eigenvalue weighted by molar-refractivity contribution is -0.136. The third-order valence-corrected chi connectivity index (χ3v) is 5.57. The van der Waals surface area contributed by atoms with E-state index < -0.39 is 0 Å². The maximum absolute atomic E-state index is 12.7. The minimum absolute atomic E-state index is 0.0449. The number of para-hydroxylation sites is 2. The smallest absolute Gasteiger partial charge is 0.326 e. The van der Waals surface area contributed by atoms with Gasteiger partial charge in [0.1, 0.15) is 0 Å². The standard InChI is InChI=1S/C18H24N4O2/c1-20-10-4-7-16(20)17(23)21-11-8-13(9-12-21)22-15-6-3-2-5-14(15)19-18(22)24/h2-3,5-6,13,16H,4,7-12H2,1H3,(H,19,24)/t16-/m0/s1. The molecule has 24 heavy (non-hydrogen) atoms. The Balaban J connectivity index is 1.49. The van der Waals surface area contributed by atoms with Gasteiger partial charge >= 0.3 is 5.69 Å². The number of H-pyrrole nitrogens is 1. The van der Waals surface area contributed by atoms with E-state index in [2.05, 4.69) is 9.88 Å². The second-order valence-corrected chi connectivity index (χ2v) is 7.01. The topological polar surface area (TPSA) is 61.3 Å². The summed E-state index contributed by atoms with van der Waals surface area (Å²) in [5, 5.41) is 0. The molecule has 1 aromatic carbocycles. The average molecular weight is 328 g/mol. The highest BCUT2D eigenvalue weighted by Gasteiger charge is 2.33. The van der Waals surface area contributed by atoms with Crippen molar-refractivity contribution < 1.29 is 4.79 Å². The van der Waals surface area contributed by atoms with Crippen LogP contribution < -0.4 is 5.69 Å². The maximum Gasteiger partial charge on any atom is 0.326 e. The van der Waals surface area contributed by atoms with Crippen molar-refractivity contribution in [2.75, 3.05) is 26.7 Å². The zero-order chi connectivity index (χ0) is 16.7. The van der Waals surface area contributed by atoms with Gasteiger partial charge in [0.15, 0.2) is 0 Å². The van der Waals surface area contributed by atoms with Crippen LogP contribution in [0.1, 0.15) is 31.7 Å². The van der Waals surface area contributed by atoms with Gasteiger partial charge in [0, 0.05) is 19.1 Å². The van der Waals surface area contributed by atoms with Gasteiger partial charge in [-0.3, -0.25) is 14.3 Å². The number of likely N-dealkylation sites (tertiary alicyclic amines) is 2. The molecule has 128 valence electrons. The number of aromatic amines is 1. The van der Waals surface area contributed by atoms with Crippen molar-refractivity contribution in [3.63, 3.8) is 0 Å². The Morgan fingerprint density at radius 1 is 1.12 bits per heavy atom. The van der Waals surface area contributed by atoms with Crippen molar-refractivity contribution in [3.8, 4) is 0 Å². The maximum atomic E-state index is 12.7. The number of carbonyl (C=O) groups is 1. The summed E-state index contributed by atoms with van der Waals surface area (Å²) in [6, 6.07) is 8.03. The van der Waals surface area contributed by atoms with Crippen LogP contribution >= 0.6 is 0 Å². The number of rotatable bonds is 2. The zero-order valence-electron chi connectivity index (χ0n) is 14.1. The number of likely N-dealkylation sites (N-methyl/N-ethyl adjacent to an activating group) is 1. The van der Waals surface area contributed by atoms with Gasteiger partial charge in [-0.05, 0) is 51.4 Å². The van der Waals surface area contributed by atoms with Gasteiger partial charge in [0.25, 0.3) is 0 Å². The van der Waals surface area contributed by atoms with E-state index in [1.807, 2.05) is 40.8 Å². The minimum atomic E-state index is -0.0449. The molecule has 2 aliphatic rings. The summed E-state index contributed by atoms with van der Waals surface area (Å²) in [7, 11) is 2.04. The third-order valence-electron chi connectivity index (χ3n) is 5.57. The van der Waals surface area contributed by atoms with Crippen molar-refractivity contribution in [1.82, 2.24) is 19.4 Å². The van der Waals surface area contributed by atoms with E-state index in [0.29, 0.717) is 0 Å². The molecule has 0 radical (unpaired) electrons. The molecule has 1 aromatic heterocycles. The van der Waals surface area contributed by atoms with Crippen molar-refractivity contribution in [2.45, 2.75) is 37.8 Å². The van der Waals surface area contributed by atoms with E-state index in [9.17, 15) is 9.59 Å². The lowest BCUT2D eigenvalue weighted by atomic mass is 10.0. The lowest BCUT2D eigenvalue weighted by Crippen LogP contribution is -2.48. The fraction of sp³-hybridized carbons (Fsp3) is 0.556. The molecule has 1 amide bonds. The van der Waals surface area contributed by atoms with E-state index in [0.717, 1.165) is 56.4 Å². The molecule has 6 nitrogen and oxygen atoms in total. The monoisotopic (exact) mass is 328 g/mol. The first-order valence-corrected chi connectivity index (χ1v) is 8.83. The fourth-order valence-corrected chi connectivity index (χ4v) is 4.21. The molecule has 2 saturated heterocycles. The number of hydrogen-bond donors (Lipinski definition) is 1. The SMILES string of the molecule is CN1CCC[C@H]1C(=O)N1CCC(n2c(=O)[nH]c3ccccc32)CC1. The Morgan fingerprint density at radius 3 is 2.58 bits per heavy atom. The Kier molecular flexibility index (Phi) is 3.92. The molecule has 0 saturated carbocycles. The second kappa shape index (κ2) is 6.09. The summed E-state index contributed by atoms with van der Waals surface area (Å²) in [5.41, 5.74) is 1.80. The number of benzene rings is 1. The second-order valence-electron chi connectivity index (χ2n) is 7.01. The van der Waals surface area contributed by atoms with Gasteiger partial charge in [-0.1, -0.05) is 12.1 Å². The number of piperidine rings is 1. The molecular formula is C18H24N4O2. The van der Waals surface area contributed by atoms with E-state index in [-0.39, 0.29) is 23.7 Å². The number of nitrogens with zero attached hydrogens (tertiary/aromatic N) is 3. The molecule has 1 atom stereocenters. The summed E-state index contributed by atoms with van der Waals surface area (Å²) in [6.45, 7) is 2.48. The van der Waals surface area contributed by atoms with Crippen LogP contribution in [0.2, 0.25) is 0 Å². The summed E-state index contributed by atoms with van der Waals surface area (Å²) in [5.74, 6) is 0.264. The van der Waals surface area contributed by atoms with Crippen LogP contribution in [0.3, 0.4) is 0 Å². The Bertz CT molecular complexity index is 801. The number of carbonyl (C=O) groups excluding carboxylic acids is 1. The molecule has 2 aliphatic heterocycles. The quantitative estimate of drug-likeness (QED) is 0.911. The Labute approximate surface area is 141 Å². The summed E-state index contributed by atoms with van der Waals surface area (Å²) in [4.78, 5) is 32.1. The van der Waals surface area contributed by atoms with Crippen molar-refractivity contribution >= 4 is 16.9 Å². The fourth-order valence-electron chi connectivity index (χ4n) is 4.21. The predicted octanol–water partition coefficient (Wildman–Crippen LogP) is 1.59. The van der Waals surface area contributed by atoms with Gasteiger partial charge in [-0.25, -0.2) is 4.79 Å². The van der Waals surface area contributed by atoms with Crippen LogP contribution in [-0.2, 0) is 4.79 Å². The third kappa shape index (κ3) is 2.55. The van der Waals surface area contributed by atoms with Crippen molar-refractivity contribution in [1.29, 1.82) is 0 Å². The number of nitrogens with one attached hydrogen (secondary N) is 1. The van der Waals surface area contributed by atoms with Crippen LogP contribution in [0.5, 0.6) is 0 Å². The first-order chi connectivity index (χ1) is 11.6. The normalized spacial score (nSPS) is 23.2. The molecule has 1 N–H and O–H groups in total. The van der Waals surface area contributed by atoms with E-state index in [1.54, 1.807) is 0 Å². The van der Waals surface area contributed by atoms with Gasteiger partial charge in [-0.15, -0.1) is 0 Å². The summed E-state index contributed by atoms with van der Waals surface area (Å²) < 4.78 is 1.87. The van der Waals surface area contributed by atoms with E-state index in [1.165, 1.54) is 0 Å². The van der Waals surface area contributed by atoms with Crippen molar-refractivity contribution in [2.24, 2.45) is 0 Å². The molecule has 2 fully saturated rings. The average Bonchev–Trinajstić information content (AvgIpc) is 3.16. The molecule has 0 aliphatic carbocycles. The van der Waals surface area contributed by atoms with Crippen LogP contribution in [0, 0.1) is 0 Å². The van der Waals surface area contributed by atoms with E-state index in [4.69, 9.17) is 0 Å². The van der Waals surface area contributed by atoms with Crippen LogP contribution in [0.4, 0.5) is 0 Å². The Hall–Kier alpha value is -2.08. The molecule has 0 spiro atoms. The summed E-state index contributed by atoms with van der Waals surface area (Å²) in [6.07, 6.45) is 3.75. The van der Waals surface area contributed by atoms with Crippen molar-refractivity contribution in [3.05, 3.63) is 34.7 Å². The minimum Gasteiger partial charge on any atom is -0.341 e. The number of hydrogen-bond acceptors (Lipinski definition) is 3. The predicted molar refractivity (Wildman–Crippen MR) is 93.1 cm³/mol.